The monoisotopic (exact) mass is 226 g/mol. The van der Waals surface area contributed by atoms with Crippen LogP contribution in [0.1, 0.15) is 51.9 Å². The van der Waals surface area contributed by atoms with Crippen LogP contribution in [-0.2, 0) is 9.47 Å². The maximum atomic E-state index is 8.96. The van der Waals surface area contributed by atoms with Crippen molar-refractivity contribution < 1.29 is 14.6 Å². The summed E-state index contributed by atoms with van der Waals surface area (Å²) in [6, 6.07) is 0. The topological polar surface area (TPSA) is 38.7 Å². The van der Waals surface area contributed by atoms with E-state index in [-0.39, 0.29) is 12.0 Å². The minimum atomic E-state index is -0.418. The number of hydrogen-bond acceptors (Lipinski definition) is 3. The Morgan fingerprint density at radius 1 is 1.12 bits per heavy atom. The Morgan fingerprint density at radius 2 is 1.81 bits per heavy atom. The molecule has 1 fully saturated rings. The van der Waals surface area contributed by atoms with Crippen LogP contribution in [0.3, 0.4) is 0 Å². The van der Waals surface area contributed by atoms with Crippen molar-refractivity contribution in [2.45, 2.75) is 57.7 Å². The van der Waals surface area contributed by atoms with Crippen molar-refractivity contribution in [3.63, 3.8) is 0 Å². The van der Waals surface area contributed by atoms with Crippen LogP contribution in [0.2, 0.25) is 0 Å². The molecule has 0 spiro atoms. The fourth-order valence-electron chi connectivity index (χ4n) is 2.74. The molecule has 0 bridgehead atoms. The Kier molecular flexibility index (Phi) is 3.43. The zero-order valence-corrected chi connectivity index (χ0v) is 10.1. The van der Waals surface area contributed by atoms with Gasteiger partial charge in [-0.25, -0.2) is 0 Å². The van der Waals surface area contributed by atoms with Gasteiger partial charge in [0.1, 0.15) is 12.5 Å². The largest absolute Gasteiger partial charge is 0.456 e. The second-order valence-corrected chi connectivity index (χ2v) is 4.97. The summed E-state index contributed by atoms with van der Waals surface area (Å²) in [5, 5.41) is 8.96. The molecular weight excluding hydrogens is 204 g/mol. The van der Waals surface area contributed by atoms with Gasteiger partial charge in [-0.3, -0.25) is 0 Å². The Hall–Kier alpha value is -0.700. The van der Waals surface area contributed by atoms with Gasteiger partial charge in [0.25, 0.3) is 5.79 Å². The molecule has 16 heavy (non-hydrogen) atoms. The fraction of sp³-hybridized carbons (Fsp3) is 0.846. The third kappa shape index (κ3) is 1.93. The quantitative estimate of drug-likeness (QED) is 0.725. The predicted octanol–water partition coefficient (Wildman–Crippen LogP) is 2.94. The highest BCUT2D eigenvalue weighted by atomic mass is 16.7. The van der Waals surface area contributed by atoms with Crippen molar-refractivity contribution >= 4 is 0 Å². The molecule has 0 atom stereocenters. The molecule has 92 valence electrons. The summed E-state index contributed by atoms with van der Waals surface area (Å²) in [5.74, 6) is -0.418. The third-order valence-electron chi connectivity index (χ3n) is 3.91. The van der Waals surface area contributed by atoms with E-state index in [0.717, 1.165) is 32.1 Å². The van der Waals surface area contributed by atoms with Gasteiger partial charge < -0.3 is 14.6 Å². The molecule has 0 saturated heterocycles. The maximum Gasteiger partial charge on any atom is 0.255 e. The first kappa shape index (κ1) is 11.8. The highest BCUT2D eigenvalue weighted by molar-refractivity contribution is 5.07. The van der Waals surface area contributed by atoms with Crippen LogP contribution in [-0.4, -0.2) is 17.5 Å². The maximum absolute atomic E-state index is 8.96. The fourth-order valence-corrected chi connectivity index (χ4v) is 2.74. The smallest absolute Gasteiger partial charge is 0.255 e. The normalized spacial score (nSPS) is 23.9. The van der Waals surface area contributed by atoms with Crippen LogP contribution < -0.4 is 0 Å². The summed E-state index contributed by atoms with van der Waals surface area (Å²) in [4.78, 5) is 0. The van der Waals surface area contributed by atoms with Crippen LogP contribution in [0.5, 0.6) is 0 Å². The number of unbranched alkanes of at least 4 members (excludes halogenated alkanes) is 1. The molecule has 1 heterocycles. The lowest BCUT2D eigenvalue weighted by molar-refractivity contribution is -0.201. The minimum Gasteiger partial charge on any atom is -0.456 e. The van der Waals surface area contributed by atoms with Crippen LogP contribution >= 0.6 is 0 Å². The summed E-state index contributed by atoms with van der Waals surface area (Å²) in [7, 11) is 0. The third-order valence-corrected chi connectivity index (χ3v) is 3.91. The standard InChI is InChI=1S/C13H22O3/c1-2-3-6-13(15-10-11-16-13)12(7-8-12)5-4-9-14/h10-11,14H,2-9H2,1H3. The van der Waals surface area contributed by atoms with Gasteiger partial charge in [-0.15, -0.1) is 0 Å². The molecule has 1 aliphatic carbocycles. The highest BCUT2D eigenvalue weighted by Crippen LogP contribution is 2.62. The second kappa shape index (κ2) is 4.66. The number of aliphatic hydroxyl groups excluding tert-OH is 1. The summed E-state index contributed by atoms with van der Waals surface area (Å²) < 4.78 is 11.6. The number of rotatable bonds is 7. The van der Waals surface area contributed by atoms with Gasteiger partial charge in [-0.05, 0) is 32.1 Å². The molecule has 0 radical (unpaired) electrons. The Balaban J connectivity index is 2.01. The molecule has 2 rings (SSSR count). The van der Waals surface area contributed by atoms with Crippen molar-refractivity contribution in [2.75, 3.05) is 6.61 Å². The molecule has 0 aromatic carbocycles. The summed E-state index contributed by atoms with van der Waals surface area (Å²) in [6.45, 7) is 2.45. The van der Waals surface area contributed by atoms with E-state index in [0.29, 0.717) is 0 Å². The van der Waals surface area contributed by atoms with Crippen LogP contribution in [0.4, 0.5) is 0 Å². The Labute approximate surface area is 97.4 Å². The lowest BCUT2D eigenvalue weighted by Gasteiger charge is -2.36. The van der Waals surface area contributed by atoms with Gasteiger partial charge in [-0.1, -0.05) is 13.3 Å². The first-order valence-corrected chi connectivity index (χ1v) is 6.40. The Bertz CT molecular complexity index is 248. The van der Waals surface area contributed by atoms with Crippen LogP contribution in [0, 0.1) is 5.41 Å². The molecule has 0 amide bonds. The van der Waals surface area contributed by atoms with E-state index in [1.165, 1.54) is 12.8 Å². The van der Waals surface area contributed by atoms with E-state index in [1.54, 1.807) is 12.5 Å². The SMILES string of the molecule is CCCCC1(C2(CCCO)CC2)OC=CO1. The van der Waals surface area contributed by atoms with E-state index in [2.05, 4.69) is 6.92 Å². The summed E-state index contributed by atoms with van der Waals surface area (Å²) >= 11 is 0. The molecule has 0 aromatic heterocycles. The average Bonchev–Trinajstić information content (AvgIpc) is 2.96. The number of aliphatic hydroxyl groups is 1. The molecule has 2 aliphatic rings. The van der Waals surface area contributed by atoms with Gasteiger partial charge in [0, 0.05) is 18.4 Å². The van der Waals surface area contributed by atoms with E-state index in [9.17, 15) is 0 Å². The molecule has 3 heteroatoms. The van der Waals surface area contributed by atoms with Crippen molar-refractivity contribution in [2.24, 2.45) is 5.41 Å². The van der Waals surface area contributed by atoms with Gasteiger partial charge in [0.05, 0.1) is 0 Å². The summed E-state index contributed by atoms with van der Waals surface area (Å²) in [5.41, 5.74) is 0.161. The first-order valence-electron chi connectivity index (χ1n) is 6.40. The molecule has 0 unspecified atom stereocenters. The van der Waals surface area contributed by atoms with Crippen LogP contribution in [0.25, 0.3) is 0 Å². The molecule has 0 aromatic rings. The van der Waals surface area contributed by atoms with E-state index in [4.69, 9.17) is 14.6 Å². The van der Waals surface area contributed by atoms with E-state index in [1.807, 2.05) is 0 Å². The van der Waals surface area contributed by atoms with Crippen molar-refractivity contribution in [1.82, 2.24) is 0 Å². The van der Waals surface area contributed by atoms with Gasteiger partial charge >= 0.3 is 0 Å². The predicted molar refractivity (Wildman–Crippen MR) is 61.6 cm³/mol. The zero-order chi connectivity index (χ0) is 11.5. The molecule has 1 aliphatic heterocycles. The molecule has 1 N–H and O–H groups in total. The molecule has 3 nitrogen and oxygen atoms in total. The second-order valence-electron chi connectivity index (χ2n) is 4.97. The summed E-state index contributed by atoms with van der Waals surface area (Å²) in [6.07, 6.45) is 10.8. The van der Waals surface area contributed by atoms with Gasteiger partial charge in [0.2, 0.25) is 0 Å². The highest BCUT2D eigenvalue weighted by Gasteiger charge is 2.62. The first-order chi connectivity index (χ1) is 7.79. The van der Waals surface area contributed by atoms with Crippen molar-refractivity contribution in [3.8, 4) is 0 Å². The lowest BCUT2D eigenvalue weighted by Crippen LogP contribution is -2.41. The number of hydrogen-bond donors (Lipinski definition) is 1. The van der Waals surface area contributed by atoms with E-state index < -0.39 is 5.79 Å². The van der Waals surface area contributed by atoms with Crippen molar-refractivity contribution in [3.05, 3.63) is 12.5 Å². The zero-order valence-electron chi connectivity index (χ0n) is 10.1. The Morgan fingerprint density at radius 3 is 2.31 bits per heavy atom. The molecule has 1 saturated carbocycles. The van der Waals surface area contributed by atoms with Crippen LogP contribution in [0.15, 0.2) is 12.5 Å². The van der Waals surface area contributed by atoms with Gasteiger partial charge in [-0.2, -0.15) is 0 Å². The minimum absolute atomic E-state index is 0.161. The van der Waals surface area contributed by atoms with Crippen molar-refractivity contribution in [1.29, 1.82) is 0 Å². The lowest BCUT2D eigenvalue weighted by atomic mass is 9.86. The molecular formula is C13H22O3. The average molecular weight is 226 g/mol. The van der Waals surface area contributed by atoms with Gasteiger partial charge in [0.15, 0.2) is 0 Å². The van der Waals surface area contributed by atoms with E-state index >= 15 is 0 Å². The number of ether oxygens (including phenoxy) is 2.